The van der Waals surface area contributed by atoms with Crippen molar-refractivity contribution in [3.63, 3.8) is 0 Å². The highest BCUT2D eigenvalue weighted by Gasteiger charge is 2.16. The maximum Gasteiger partial charge on any atom is 0.277 e. The van der Waals surface area contributed by atoms with Crippen LogP contribution in [0.4, 0.5) is 5.69 Å². The summed E-state index contributed by atoms with van der Waals surface area (Å²) in [6, 6.07) is 7.18. The highest BCUT2D eigenvalue weighted by atomic mass is 16.6. The van der Waals surface area contributed by atoms with Crippen LogP contribution in [0.5, 0.6) is 5.75 Å². The van der Waals surface area contributed by atoms with Gasteiger partial charge in [0, 0.05) is 6.07 Å². The lowest BCUT2D eigenvalue weighted by atomic mass is 10.3. The lowest BCUT2D eigenvalue weighted by Crippen LogP contribution is -2.10. The standard InChI is InChI=1S/C11H12NO3/c13-12(14)9-5-7-11(8-6-9)15-10-3-1-2-4-10/h5,7-8,10H,1-4H2. The molecule has 1 aromatic carbocycles. The molecule has 0 spiro atoms. The molecule has 1 aliphatic rings. The highest BCUT2D eigenvalue weighted by molar-refractivity contribution is 5.34. The molecule has 15 heavy (non-hydrogen) atoms. The van der Waals surface area contributed by atoms with Crippen molar-refractivity contribution in [2.24, 2.45) is 0 Å². The van der Waals surface area contributed by atoms with Gasteiger partial charge in [0.2, 0.25) is 0 Å². The number of non-ortho nitro benzene ring substituents is 1. The quantitative estimate of drug-likeness (QED) is 0.564. The van der Waals surface area contributed by atoms with Crippen molar-refractivity contribution >= 4 is 5.69 Å². The lowest BCUT2D eigenvalue weighted by molar-refractivity contribution is -0.385. The van der Waals surface area contributed by atoms with E-state index in [0.29, 0.717) is 5.75 Å². The summed E-state index contributed by atoms with van der Waals surface area (Å²) in [5.41, 5.74) is -0.0197. The summed E-state index contributed by atoms with van der Waals surface area (Å²) in [6.07, 6.45) is 4.86. The molecule has 2 rings (SSSR count). The Morgan fingerprint density at radius 3 is 2.67 bits per heavy atom. The number of nitrogens with zero attached hydrogens (tertiary/aromatic N) is 1. The second-order valence-corrected chi connectivity index (χ2v) is 3.69. The molecule has 0 atom stereocenters. The second-order valence-electron chi connectivity index (χ2n) is 3.69. The van der Waals surface area contributed by atoms with Crippen LogP contribution in [0, 0.1) is 16.2 Å². The number of hydrogen-bond donors (Lipinski definition) is 0. The van der Waals surface area contributed by atoms with Crippen LogP contribution in [-0.2, 0) is 0 Å². The Hall–Kier alpha value is -1.58. The number of benzene rings is 1. The molecule has 1 radical (unpaired) electrons. The number of nitro groups is 1. The zero-order valence-corrected chi connectivity index (χ0v) is 8.31. The van der Waals surface area contributed by atoms with Crippen molar-refractivity contribution in [1.82, 2.24) is 0 Å². The SMILES string of the molecule is O=[N+]([O-])c1[c]cc(OC2CCCC2)cc1. The summed E-state index contributed by atoms with van der Waals surface area (Å²) >= 11 is 0. The van der Waals surface area contributed by atoms with Crippen molar-refractivity contribution in [2.75, 3.05) is 0 Å². The van der Waals surface area contributed by atoms with Crippen LogP contribution in [0.3, 0.4) is 0 Å². The highest BCUT2D eigenvalue weighted by Crippen LogP contribution is 2.25. The molecule has 0 aromatic heterocycles. The van der Waals surface area contributed by atoms with E-state index in [-0.39, 0.29) is 11.8 Å². The van der Waals surface area contributed by atoms with E-state index in [2.05, 4.69) is 6.07 Å². The van der Waals surface area contributed by atoms with Gasteiger partial charge in [0.05, 0.1) is 17.1 Å². The van der Waals surface area contributed by atoms with Crippen LogP contribution >= 0.6 is 0 Å². The summed E-state index contributed by atoms with van der Waals surface area (Å²) in [5, 5.41) is 10.4. The Labute approximate surface area is 88.0 Å². The molecular formula is C11H12NO3. The van der Waals surface area contributed by atoms with Crippen LogP contribution in [0.15, 0.2) is 18.2 Å². The number of rotatable bonds is 3. The van der Waals surface area contributed by atoms with E-state index in [4.69, 9.17) is 4.74 Å². The molecule has 4 nitrogen and oxygen atoms in total. The number of ether oxygens (including phenoxy) is 1. The molecule has 0 heterocycles. The Morgan fingerprint density at radius 1 is 1.40 bits per heavy atom. The zero-order chi connectivity index (χ0) is 10.7. The van der Waals surface area contributed by atoms with Crippen molar-refractivity contribution < 1.29 is 9.66 Å². The van der Waals surface area contributed by atoms with E-state index in [1.54, 1.807) is 6.07 Å². The number of hydrogen-bond acceptors (Lipinski definition) is 3. The van der Waals surface area contributed by atoms with E-state index in [1.807, 2.05) is 0 Å². The first-order valence-electron chi connectivity index (χ1n) is 5.08. The van der Waals surface area contributed by atoms with Gasteiger partial charge in [0.25, 0.3) is 5.69 Å². The first kappa shape index (κ1) is 9.96. The summed E-state index contributed by atoms with van der Waals surface area (Å²) in [5.74, 6) is 0.674. The summed E-state index contributed by atoms with van der Waals surface area (Å²) in [7, 11) is 0. The fraction of sp³-hybridized carbons (Fsp3) is 0.455. The minimum Gasteiger partial charge on any atom is -0.490 e. The predicted molar refractivity (Wildman–Crippen MR) is 54.8 cm³/mol. The molecule has 1 aromatic rings. The number of nitro benzene ring substituents is 1. The molecule has 4 heteroatoms. The van der Waals surface area contributed by atoms with E-state index < -0.39 is 4.92 Å². The average Bonchev–Trinajstić information content (AvgIpc) is 2.71. The van der Waals surface area contributed by atoms with Crippen molar-refractivity contribution in [3.8, 4) is 5.75 Å². The first-order chi connectivity index (χ1) is 7.25. The maximum absolute atomic E-state index is 10.4. The third kappa shape index (κ3) is 2.46. The van der Waals surface area contributed by atoms with Crippen LogP contribution in [0.25, 0.3) is 0 Å². The van der Waals surface area contributed by atoms with Crippen LogP contribution in [-0.4, -0.2) is 11.0 Å². The molecule has 0 N–H and O–H groups in total. The fourth-order valence-electron chi connectivity index (χ4n) is 1.79. The predicted octanol–water partition coefficient (Wildman–Crippen LogP) is 2.72. The topological polar surface area (TPSA) is 52.4 Å². The van der Waals surface area contributed by atoms with Gasteiger partial charge in [-0.3, -0.25) is 10.1 Å². The fourth-order valence-corrected chi connectivity index (χ4v) is 1.79. The molecule has 1 aliphatic carbocycles. The van der Waals surface area contributed by atoms with Crippen molar-refractivity contribution in [2.45, 2.75) is 31.8 Å². The minimum atomic E-state index is -0.459. The second kappa shape index (κ2) is 4.29. The third-order valence-corrected chi connectivity index (χ3v) is 2.57. The summed E-state index contributed by atoms with van der Waals surface area (Å²) in [4.78, 5) is 9.93. The smallest absolute Gasteiger partial charge is 0.277 e. The normalized spacial score (nSPS) is 16.5. The van der Waals surface area contributed by atoms with E-state index in [1.165, 1.54) is 25.0 Å². The Bertz CT molecular complexity index is 341. The van der Waals surface area contributed by atoms with E-state index in [0.717, 1.165) is 12.8 Å². The van der Waals surface area contributed by atoms with Gasteiger partial charge in [-0.05, 0) is 37.8 Å². The monoisotopic (exact) mass is 206 g/mol. The van der Waals surface area contributed by atoms with Gasteiger partial charge in [0.15, 0.2) is 0 Å². The van der Waals surface area contributed by atoms with Gasteiger partial charge >= 0.3 is 0 Å². The van der Waals surface area contributed by atoms with Gasteiger partial charge in [0.1, 0.15) is 5.75 Å². The molecule has 0 aliphatic heterocycles. The molecule has 0 amide bonds. The Balaban J connectivity index is 2.00. The molecule has 1 saturated carbocycles. The molecule has 0 saturated heterocycles. The van der Waals surface area contributed by atoms with E-state index >= 15 is 0 Å². The molecule has 0 bridgehead atoms. The van der Waals surface area contributed by atoms with Crippen molar-refractivity contribution in [1.29, 1.82) is 0 Å². The van der Waals surface area contributed by atoms with E-state index in [9.17, 15) is 10.1 Å². The molecular weight excluding hydrogens is 194 g/mol. The first-order valence-corrected chi connectivity index (χ1v) is 5.08. The average molecular weight is 206 g/mol. The minimum absolute atomic E-state index is 0.0197. The summed E-state index contributed by atoms with van der Waals surface area (Å²) < 4.78 is 5.66. The van der Waals surface area contributed by atoms with Gasteiger partial charge < -0.3 is 4.74 Å². The van der Waals surface area contributed by atoms with Gasteiger partial charge in [-0.15, -0.1) is 0 Å². The van der Waals surface area contributed by atoms with Gasteiger partial charge in [-0.2, -0.15) is 0 Å². The molecule has 0 unspecified atom stereocenters. The maximum atomic E-state index is 10.4. The molecule has 79 valence electrons. The van der Waals surface area contributed by atoms with Gasteiger partial charge in [-0.25, -0.2) is 0 Å². The largest absolute Gasteiger partial charge is 0.490 e. The van der Waals surface area contributed by atoms with Crippen LogP contribution < -0.4 is 4.74 Å². The molecule has 1 fully saturated rings. The Morgan fingerprint density at radius 2 is 2.13 bits per heavy atom. The van der Waals surface area contributed by atoms with Crippen molar-refractivity contribution in [3.05, 3.63) is 34.4 Å². The zero-order valence-electron chi connectivity index (χ0n) is 8.31. The lowest BCUT2D eigenvalue weighted by Gasteiger charge is -2.12. The van der Waals surface area contributed by atoms with Crippen LogP contribution in [0.2, 0.25) is 0 Å². The van der Waals surface area contributed by atoms with Gasteiger partial charge in [-0.1, -0.05) is 0 Å². The Kier molecular flexibility index (Phi) is 2.85. The summed E-state index contributed by atoms with van der Waals surface area (Å²) in [6.45, 7) is 0. The van der Waals surface area contributed by atoms with Crippen LogP contribution in [0.1, 0.15) is 25.7 Å². The third-order valence-electron chi connectivity index (χ3n) is 2.57.